The molecule has 1 heterocycles. The molecule has 1 unspecified atom stereocenters. The molecule has 104 valence electrons. The molecule has 0 aliphatic carbocycles. The van der Waals surface area contributed by atoms with Gasteiger partial charge in [-0.2, -0.15) is 11.8 Å². The van der Waals surface area contributed by atoms with E-state index in [0.717, 1.165) is 43.6 Å². The second kappa shape index (κ2) is 8.43. The predicted octanol–water partition coefficient (Wildman–Crippen LogP) is 2.78. The van der Waals surface area contributed by atoms with Crippen molar-refractivity contribution in [2.24, 2.45) is 0 Å². The Bertz CT molecular complexity index is 341. The predicted molar refractivity (Wildman–Crippen MR) is 79.5 cm³/mol. The summed E-state index contributed by atoms with van der Waals surface area (Å²) in [6.45, 7) is 8.80. The number of anilines is 1. The maximum absolute atomic E-state index is 5.36. The Morgan fingerprint density at radius 3 is 3.00 bits per heavy atom. The Hall–Kier alpha value is -0.680. The highest BCUT2D eigenvalue weighted by atomic mass is 32.2. The highest BCUT2D eigenvalue weighted by Gasteiger charge is 2.08. The Balaban J connectivity index is 2.50. The molecule has 1 atom stereocenters. The third-order valence-electron chi connectivity index (χ3n) is 2.58. The van der Waals surface area contributed by atoms with Crippen LogP contribution in [0, 0.1) is 6.92 Å². The van der Waals surface area contributed by atoms with Crippen molar-refractivity contribution >= 4 is 17.7 Å². The fraction of sp³-hybridized carbons (Fsp3) is 0.769. The second-order valence-corrected chi connectivity index (χ2v) is 5.36. The van der Waals surface area contributed by atoms with Crippen LogP contribution < -0.4 is 5.32 Å². The maximum atomic E-state index is 5.36. The Morgan fingerprint density at radius 1 is 1.56 bits per heavy atom. The topological polar surface area (TPSA) is 39.1 Å². The van der Waals surface area contributed by atoms with Gasteiger partial charge < -0.3 is 14.6 Å². The van der Waals surface area contributed by atoms with Crippen molar-refractivity contribution in [2.45, 2.75) is 39.8 Å². The van der Waals surface area contributed by atoms with Gasteiger partial charge in [-0.15, -0.1) is 0 Å². The summed E-state index contributed by atoms with van der Waals surface area (Å²) in [5.41, 5.74) is 1.06. The first-order valence-electron chi connectivity index (χ1n) is 6.54. The fourth-order valence-corrected chi connectivity index (χ4v) is 2.41. The summed E-state index contributed by atoms with van der Waals surface area (Å²) < 4.78 is 7.55. The molecule has 0 saturated heterocycles. The van der Waals surface area contributed by atoms with Gasteiger partial charge in [-0.25, -0.2) is 4.98 Å². The summed E-state index contributed by atoms with van der Waals surface area (Å²) >= 11 is 1.85. The smallest absolute Gasteiger partial charge is 0.203 e. The van der Waals surface area contributed by atoms with E-state index in [1.54, 1.807) is 0 Å². The molecule has 0 amide bonds. The lowest BCUT2D eigenvalue weighted by molar-refractivity contribution is 0.142. The number of aryl methyl sites for hydroxylation is 2. The molecule has 0 radical (unpaired) electrons. The van der Waals surface area contributed by atoms with Gasteiger partial charge in [0.2, 0.25) is 5.95 Å². The molecule has 0 aromatic carbocycles. The molecule has 1 rings (SSSR count). The number of aromatic nitrogens is 2. The largest absolute Gasteiger partial charge is 0.382 e. The van der Waals surface area contributed by atoms with Gasteiger partial charge in [-0.3, -0.25) is 0 Å². The van der Waals surface area contributed by atoms with Crippen LogP contribution >= 0.6 is 11.8 Å². The van der Waals surface area contributed by atoms with Gasteiger partial charge >= 0.3 is 0 Å². The lowest BCUT2D eigenvalue weighted by Crippen LogP contribution is -2.20. The quantitative estimate of drug-likeness (QED) is 0.701. The Labute approximate surface area is 115 Å². The number of hydrogen-bond donors (Lipinski definition) is 1. The van der Waals surface area contributed by atoms with Gasteiger partial charge in [0.1, 0.15) is 0 Å². The van der Waals surface area contributed by atoms with E-state index < -0.39 is 0 Å². The van der Waals surface area contributed by atoms with Crippen LogP contribution in [0.5, 0.6) is 0 Å². The third-order valence-corrected chi connectivity index (χ3v) is 3.41. The number of hydrogen-bond acceptors (Lipinski definition) is 4. The van der Waals surface area contributed by atoms with Gasteiger partial charge in [0, 0.05) is 37.8 Å². The summed E-state index contributed by atoms with van der Waals surface area (Å²) in [5, 5.41) is 3.46. The summed E-state index contributed by atoms with van der Waals surface area (Å²) in [6, 6.07) is 0.437. The van der Waals surface area contributed by atoms with Crippen LogP contribution in [0.15, 0.2) is 6.20 Å². The molecule has 0 spiro atoms. The zero-order valence-electron chi connectivity index (χ0n) is 11.9. The van der Waals surface area contributed by atoms with E-state index in [1.807, 2.05) is 25.6 Å². The van der Waals surface area contributed by atoms with E-state index in [2.05, 4.69) is 34.2 Å². The first kappa shape index (κ1) is 15.4. The van der Waals surface area contributed by atoms with E-state index in [1.165, 1.54) is 0 Å². The van der Waals surface area contributed by atoms with E-state index in [0.29, 0.717) is 6.04 Å². The minimum atomic E-state index is 0.437. The summed E-state index contributed by atoms with van der Waals surface area (Å²) in [7, 11) is 0. The van der Waals surface area contributed by atoms with Crippen LogP contribution in [0.1, 0.15) is 26.0 Å². The van der Waals surface area contributed by atoms with Crippen molar-refractivity contribution in [3.05, 3.63) is 11.9 Å². The number of imidazole rings is 1. The van der Waals surface area contributed by atoms with Crippen LogP contribution in [0.4, 0.5) is 5.95 Å². The summed E-state index contributed by atoms with van der Waals surface area (Å²) in [4.78, 5) is 4.53. The first-order chi connectivity index (χ1) is 8.67. The van der Waals surface area contributed by atoms with Crippen molar-refractivity contribution in [1.29, 1.82) is 0 Å². The molecule has 0 bridgehead atoms. The van der Waals surface area contributed by atoms with E-state index in [9.17, 15) is 0 Å². The second-order valence-electron chi connectivity index (χ2n) is 4.45. The number of ether oxygens (including phenoxy) is 1. The average Bonchev–Trinajstić information content (AvgIpc) is 2.65. The lowest BCUT2D eigenvalue weighted by Gasteiger charge is -2.15. The molecule has 4 nitrogen and oxygen atoms in total. The van der Waals surface area contributed by atoms with Crippen molar-refractivity contribution in [1.82, 2.24) is 9.55 Å². The highest BCUT2D eigenvalue weighted by molar-refractivity contribution is 7.98. The van der Waals surface area contributed by atoms with Crippen molar-refractivity contribution < 1.29 is 4.74 Å². The van der Waals surface area contributed by atoms with Crippen molar-refractivity contribution in [2.75, 3.05) is 30.5 Å². The zero-order valence-corrected chi connectivity index (χ0v) is 12.7. The first-order valence-corrected chi connectivity index (χ1v) is 7.93. The van der Waals surface area contributed by atoms with Crippen LogP contribution in [0.25, 0.3) is 0 Å². The molecule has 0 aliphatic rings. The molecule has 0 saturated carbocycles. The monoisotopic (exact) mass is 271 g/mol. The highest BCUT2D eigenvalue weighted by Crippen LogP contribution is 2.12. The molecule has 1 N–H and O–H groups in total. The van der Waals surface area contributed by atoms with Crippen LogP contribution in [0.3, 0.4) is 0 Å². The van der Waals surface area contributed by atoms with E-state index >= 15 is 0 Å². The third kappa shape index (κ3) is 5.31. The normalized spacial score (nSPS) is 12.7. The average molecular weight is 271 g/mol. The molecule has 5 heteroatoms. The number of nitrogens with zero attached hydrogens (tertiary/aromatic N) is 2. The van der Waals surface area contributed by atoms with Gasteiger partial charge in [0.05, 0.1) is 5.69 Å². The maximum Gasteiger partial charge on any atom is 0.203 e. The molecule has 1 aromatic rings. The molecular weight excluding hydrogens is 246 g/mol. The summed E-state index contributed by atoms with van der Waals surface area (Å²) in [5.74, 6) is 2.07. The van der Waals surface area contributed by atoms with Crippen LogP contribution in [-0.2, 0) is 11.3 Å². The van der Waals surface area contributed by atoms with Crippen LogP contribution in [0.2, 0.25) is 0 Å². The van der Waals surface area contributed by atoms with E-state index in [4.69, 9.17) is 4.74 Å². The number of rotatable bonds is 9. The molecule has 18 heavy (non-hydrogen) atoms. The van der Waals surface area contributed by atoms with Crippen molar-refractivity contribution in [3.8, 4) is 0 Å². The molecule has 0 aliphatic heterocycles. The van der Waals surface area contributed by atoms with Gasteiger partial charge in [-0.05, 0) is 33.4 Å². The van der Waals surface area contributed by atoms with Crippen molar-refractivity contribution in [3.63, 3.8) is 0 Å². The fourth-order valence-electron chi connectivity index (χ4n) is 1.83. The number of thioether (sulfide) groups is 1. The standard InChI is InChI=1S/C13H25N3OS/c1-5-17-8-6-7-16-9-11(2)14-13(16)15-12(3)10-18-4/h9,12H,5-8,10H2,1-4H3,(H,14,15). The molecule has 0 fully saturated rings. The molecular formula is C13H25N3OS. The van der Waals surface area contributed by atoms with E-state index in [-0.39, 0.29) is 0 Å². The number of nitrogens with one attached hydrogen (secondary N) is 1. The van der Waals surface area contributed by atoms with Gasteiger partial charge in [-0.1, -0.05) is 0 Å². The SMILES string of the molecule is CCOCCCn1cc(C)nc1NC(C)CSC. The van der Waals surface area contributed by atoms with Gasteiger partial charge in [0.25, 0.3) is 0 Å². The Kier molecular flexibility index (Phi) is 7.20. The van der Waals surface area contributed by atoms with Crippen LogP contribution in [-0.4, -0.2) is 40.8 Å². The zero-order chi connectivity index (χ0) is 13.4. The van der Waals surface area contributed by atoms with Gasteiger partial charge in [0.15, 0.2) is 0 Å². The lowest BCUT2D eigenvalue weighted by atomic mass is 10.4. The Morgan fingerprint density at radius 2 is 2.33 bits per heavy atom. The minimum absolute atomic E-state index is 0.437. The molecule has 1 aromatic heterocycles. The minimum Gasteiger partial charge on any atom is -0.382 e. The summed E-state index contributed by atoms with van der Waals surface area (Å²) in [6.07, 6.45) is 5.24.